The second-order valence-electron chi connectivity index (χ2n) is 9.25. The van der Waals surface area contributed by atoms with Crippen molar-refractivity contribution in [3.63, 3.8) is 0 Å². The molecule has 0 aliphatic carbocycles. The van der Waals surface area contributed by atoms with Gasteiger partial charge in [0, 0.05) is 6.61 Å². The maximum absolute atomic E-state index is 5.70. The molecule has 1 aromatic rings. The molecule has 1 nitrogen and oxygen atoms in total. The summed E-state index contributed by atoms with van der Waals surface area (Å²) in [6, 6.07) is 10.4. The van der Waals surface area contributed by atoms with Gasteiger partial charge in [0.05, 0.1) is 6.61 Å². The number of unbranched alkanes of at least 4 members (excludes halogenated alkanes) is 18. The molecule has 0 aliphatic heterocycles. The van der Waals surface area contributed by atoms with Crippen LogP contribution in [0.5, 0.6) is 0 Å². The van der Waals surface area contributed by atoms with E-state index in [4.69, 9.17) is 4.74 Å². The number of hydrogen-bond donors (Lipinski definition) is 0. The van der Waals surface area contributed by atoms with E-state index in [2.05, 4.69) is 43.3 Å². The highest BCUT2D eigenvalue weighted by molar-refractivity contribution is 5.48. The van der Waals surface area contributed by atoms with E-state index in [0.717, 1.165) is 13.2 Å². The lowest BCUT2D eigenvalue weighted by molar-refractivity contribution is 0.157. The maximum atomic E-state index is 5.70. The Balaban J connectivity index is 1.68. The summed E-state index contributed by atoms with van der Waals surface area (Å²) in [4.78, 5) is 0. The van der Waals surface area contributed by atoms with E-state index in [1.165, 1.54) is 128 Å². The summed E-state index contributed by atoms with van der Waals surface area (Å²) in [6.07, 6.45) is 31.4. The van der Waals surface area contributed by atoms with Crippen molar-refractivity contribution in [1.29, 1.82) is 0 Å². The molecule has 31 heavy (non-hydrogen) atoms. The highest BCUT2D eigenvalue weighted by Crippen LogP contribution is 2.14. The van der Waals surface area contributed by atoms with Crippen molar-refractivity contribution in [3.8, 4) is 0 Å². The first-order chi connectivity index (χ1) is 15.4. The van der Waals surface area contributed by atoms with Crippen LogP contribution in [0.2, 0.25) is 0 Å². The molecule has 0 spiro atoms. The molecule has 0 aliphatic rings. The Morgan fingerprint density at radius 1 is 0.548 bits per heavy atom. The summed E-state index contributed by atoms with van der Waals surface area (Å²) < 4.78 is 5.70. The van der Waals surface area contributed by atoms with Crippen LogP contribution in [0.25, 0.3) is 6.08 Å². The molecule has 0 unspecified atom stereocenters. The molecule has 0 heterocycles. The molecule has 0 saturated heterocycles. The van der Waals surface area contributed by atoms with E-state index in [-0.39, 0.29) is 0 Å². The fraction of sp³-hybridized carbons (Fsp3) is 0.733. The van der Waals surface area contributed by atoms with Crippen LogP contribution in [0.1, 0.15) is 134 Å². The Morgan fingerprint density at radius 2 is 0.968 bits per heavy atom. The van der Waals surface area contributed by atoms with Gasteiger partial charge in [0.15, 0.2) is 0 Å². The molecule has 0 saturated carbocycles. The van der Waals surface area contributed by atoms with Crippen LogP contribution in [0.4, 0.5) is 0 Å². The Labute approximate surface area is 195 Å². The molecule has 0 aromatic heterocycles. The Bertz CT molecular complexity index is 478. The van der Waals surface area contributed by atoms with Crippen molar-refractivity contribution in [2.24, 2.45) is 0 Å². The average molecular weight is 429 g/mol. The van der Waals surface area contributed by atoms with Crippen molar-refractivity contribution in [2.45, 2.75) is 129 Å². The predicted molar refractivity (Wildman–Crippen MR) is 140 cm³/mol. The zero-order valence-electron chi connectivity index (χ0n) is 20.8. The van der Waals surface area contributed by atoms with Crippen molar-refractivity contribution < 1.29 is 4.74 Å². The van der Waals surface area contributed by atoms with Crippen LogP contribution < -0.4 is 0 Å². The van der Waals surface area contributed by atoms with Gasteiger partial charge in [-0.05, 0) is 12.0 Å². The van der Waals surface area contributed by atoms with Gasteiger partial charge in [0.25, 0.3) is 0 Å². The molecule has 0 atom stereocenters. The van der Waals surface area contributed by atoms with E-state index in [9.17, 15) is 0 Å². The average Bonchev–Trinajstić information content (AvgIpc) is 2.80. The topological polar surface area (TPSA) is 9.23 Å². The van der Waals surface area contributed by atoms with Gasteiger partial charge in [-0.2, -0.15) is 0 Å². The third-order valence-corrected chi connectivity index (χ3v) is 6.22. The van der Waals surface area contributed by atoms with Crippen LogP contribution in [0, 0.1) is 0 Å². The summed E-state index contributed by atoms with van der Waals surface area (Å²) >= 11 is 0. The summed E-state index contributed by atoms with van der Waals surface area (Å²) in [5.74, 6) is 0. The van der Waals surface area contributed by atoms with Crippen LogP contribution >= 0.6 is 0 Å². The summed E-state index contributed by atoms with van der Waals surface area (Å²) in [5, 5.41) is 0. The predicted octanol–water partition coefficient (Wildman–Crippen LogP) is 10.1. The van der Waals surface area contributed by atoms with E-state index in [1.54, 1.807) is 0 Å². The molecule has 0 radical (unpaired) electrons. The van der Waals surface area contributed by atoms with Crippen LogP contribution in [-0.4, -0.2) is 13.2 Å². The highest BCUT2D eigenvalue weighted by Gasteiger charge is 1.95. The second kappa shape index (κ2) is 23.6. The van der Waals surface area contributed by atoms with E-state index < -0.39 is 0 Å². The minimum absolute atomic E-state index is 0.730. The number of ether oxygens (including phenoxy) is 1. The van der Waals surface area contributed by atoms with Gasteiger partial charge >= 0.3 is 0 Å². The van der Waals surface area contributed by atoms with Crippen LogP contribution in [0.3, 0.4) is 0 Å². The van der Waals surface area contributed by atoms with E-state index in [1.807, 2.05) is 6.07 Å². The minimum Gasteiger partial charge on any atom is -0.377 e. The van der Waals surface area contributed by atoms with Crippen molar-refractivity contribution in [1.82, 2.24) is 0 Å². The van der Waals surface area contributed by atoms with Crippen molar-refractivity contribution in [2.75, 3.05) is 13.2 Å². The largest absolute Gasteiger partial charge is 0.377 e. The van der Waals surface area contributed by atoms with Gasteiger partial charge in [-0.1, -0.05) is 165 Å². The van der Waals surface area contributed by atoms with Gasteiger partial charge in [-0.15, -0.1) is 0 Å². The SMILES string of the molecule is CCCCCCCCCCCCCCCCCCCCCOCC=Cc1ccccc1. The van der Waals surface area contributed by atoms with Gasteiger partial charge in [-0.25, -0.2) is 0 Å². The first-order valence-corrected chi connectivity index (χ1v) is 13.7. The first-order valence-electron chi connectivity index (χ1n) is 13.7. The fourth-order valence-corrected chi connectivity index (χ4v) is 4.18. The van der Waals surface area contributed by atoms with Crippen LogP contribution in [-0.2, 0) is 4.74 Å². The Hall–Kier alpha value is -1.08. The number of hydrogen-bond acceptors (Lipinski definition) is 1. The lowest BCUT2D eigenvalue weighted by Crippen LogP contribution is -1.94. The monoisotopic (exact) mass is 428 g/mol. The lowest BCUT2D eigenvalue weighted by Gasteiger charge is -2.04. The molecular formula is C30H52O. The van der Waals surface area contributed by atoms with Gasteiger partial charge in [-0.3, -0.25) is 0 Å². The van der Waals surface area contributed by atoms with Crippen molar-refractivity contribution in [3.05, 3.63) is 42.0 Å². The fourth-order valence-electron chi connectivity index (χ4n) is 4.18. The van der Waals surface area contributed by atoms with E-state index in [0.29, 0.717) is 0 Å². The molecule has 1 aromatic carbocycles. The third-order valence-electron chi connectivity index (χ3n) is 6.22. The van der Waals surface area contributed by atoms with Crippen molar-refractivity contribution >= 4 is 6.08 Å². The lowest BCUT2D eigenvalue weighted by atomic mass is 10.0. The number of rotatable bonds is 23. The van der Waals surface area contributed by atoms with Gasteiger partial charge in [0.1, 0.15) is 0 Å². The quantitative estimate of drug-likeness (QED) is 0.157. The molecule has 1 heteroatoms. The molecular weight excluding hydrogens is 376 g/mol. The molecule has 0 bridgehead atoms. The summed E-state index contributed by atoms with van der Waals surface area (Å²) in [5.41, 5.74) is 1.24. The zero-order chi connectivity index (χ0) is 22.1. The van der Waals surface area contributed by atoms with E-state index >= 15 is 0 Å². The standard InChI is InChI=1S/C30H52O/c1-2-3-4-5-6-7-8-9-10-11-12-13-14-15-16-17-18-19-23-28-31-29-24-27-30-25-21-20-22-26-30/h20-22,24-27H,2-19,23,28-29H2,1H3. The third kappa shape index (κ3) is 20.6. The normalized spacial score (nSPS) is 11.5. The molecule has 1 rings (SSSR count). The molecule has 0 N–H and O–H groups in total. The number of benzene rings is 1. The highest BCUT2D eigenvalue weighted by atomic mass is 16.5. The maximum Gasteiger partial charge on any atom is 0.0650 e. The van der Waals surface area contributed by atoms with Gasteiger partial charge < -0.3 is 4.74 Å². The molecule has 178 valence electrons. The smallest absolute Gasteiger partial charge is 0.0650 e. The zero-order valence-corrected chi connectivity index (χ0v) is 20.8. The minimum atomic E-state index is 0.730. The molecule has 0 fully saturated rings. The van der Waals surface area contributed by atoms with Crippen LogP contribution in [0.15, 0.2) is 36.4 Å². The Morgan fingerprint density at radius 3 is 1.42 bits per heavy atom. The Kier molecular flexibility index (Phi) is 21.3. The second-order valence-corrected chi connectivity index (χ2v) is 9.25. The summed E-state index contributed by atoms with van der Waals surface area (Å²) in [7, 11) is 0. The van der Waals surface area contributed by atoms with Gasteiger partial charge in [0.2, 0.25) is 0 Å². The summed E-state index contributed by atoms with van der Waals surface area (Å²) in [6.45, 7) is 3.93. The molecule has 0 amide bonds. The first kappa shape index (κ1) is 28.0.